The first-order valence-electron chi connectivity index (χ1n) is 12.7. The van der Waals surface area contributed by atoms with E-state index in [-0.39, 0.29) is 17.9 Å². The van der Waals surface area contributed by atoms with Crippen molar-refractivity contribution < 1.29 is 8.42 Å². The van der Waals surface area contributed by atoms with Crippen molar-refractivity contribution in [3.05, 3.63) is 100 Å². The van der Waals surface area contributed by atoms with Gasteiger partial charge in [0.15, 0.2) is 5.65 Å². The third kappa shape index (κ3) is 4.78. The topological polar surface area (TPSA) is 151 Å². The minimum atomic E-state index is -3.42. The summed E-state index contributed by atoms with van der Waals surface area (Å²) >= 11 is 0. The Bertz CT molecular complexity index is 2130. The average Bonchev–Trinajstić information content (AvgIpc) is 3.28. The maximum Gasteiger partial charge on any atom is 0.266 e. The molecule has 0 amide bonds. The number of hydrogen-bond acceptors (Lipinski definition) is 8. The molecule has 3 aromatic heterocycles. The SMILES string of the molecule is Cc1ccccc1-n1c(Cn2nc(-c3ccc(NS(C)(=O)=O)cc3)c3c(N)ncnc32)nc2cccc(C)c2c1=O. The van der Waals surface area contributed by atoms with Crippen LogP contribution in [0.15, 0.2) is 77.9 Å². The van der Waals surface area contributed by atoms with Gasteiger partial charge < -0.3 is 5.73 Å². The Morgan fingerprint density at radius 3 is 2.37 bits per heavy atom. The van der Waals surface area contributed by atoms with Crippen LogP contribution in [0.25, 0.3) is 38.9 Å². The van der Waals surface area contributed by atoms with Gasteiger partial charge in [0, 0.05) is 11.3 Å². The summed E-state index contributed by atoms with van der Waals surface area (Å²) in [6.07, 6.45) is 2.46. The lowest BCUT2D eigenvalue weighted by Gasteiger charge is -2.16. The molecule has 6 rings (SSSR count). The minimum absolute atomic E-state index is 0.119. The monoisotopic (exact) mass is 566 g/mol. The molecule has 11 nitrogen and oxygen atoms in total. The van der Waals surface area contributed by atoms with Crippen molar-refractivity contribution in [1.29, 1.82) is 0 Å². The number of hydrogen-bond donors (Lipinski definition) is 2. The molecule has 0 radical (unpaired) electrons. The van der Waals surface area contributed by atoms with Crippen LogP contribution >= 0.6 is 0 Å². The van der Waals surface area contributed by atoms with Gasteiger partial charge in [-0.25, -0.2) is 28.1 Å². The number of aryl methyl sites for hydroxylation is 2. The zero-order valence-corrected chi connectivity index (χ0v) is 23.3. The normalized spacial score (nSPS) is 11.8. The van der Waals surface area contributed by atoms with Gasteiger partial charge in [-0.3, -0.25) is 14.1 Å². The highest BCUT2D eigenvalue weighted by Crippen LogP contribution is 2.31. The highest BCUT2D eigenvalue weighted by molar-refractivity contribution is 7.92. The first-order chi connectivity index (χ1) is 19.6. The molecule has 0 bridgehead atoms. The quantitative estimate of drug-likeness (QED) is 0.309. The third-order valence-corrected chi connectivity index (χ3v) is 7.45. The summed E-state index contributed by atoms with van der Waals surface area (Å²) in [5, 5.41) is 5.94. The van der Waals surface area contributed by atoms with Crippen LogP contribution in [0, 0.1) is 13.8 Å². The van der Waals surface area contributed by atoms with Crippen LogP contribution in [-0.2, 0) is 16.6 Å². The van der Waals surface area contributed by atoms with Crippen LogP contribution in [0.2, 0.25) is 0 Å². The molecule has 0 aliphatic carbocycles. The maximum absolute atomic E-state index is 14.0. The smallest absolute Gasteiger partial charge is 0.266 e. The summed E-state index contributed by atoms with van der Waals surface area (Å²) in [6, 6.07) is 20.0. The van der Waals surface area contributed by atoms with Gasteiger partial charge in [0.25, 0.3) is 5.56 Å². The van der Waals surface area contributed by atoms with Gasteiger partial charge in [-0.15, -0.1) is 0 Å². The molecule has 3 heterocycles. The highest BCUT2D eigenvalue weighted by Gasteiger charge is 2.21. The maximum atomic E-state index is 14.0. The molecule has 0 aliphatic rings. The second-order valence-corrected chi connectivity index (χ2v) is 11.6. The van der Waals surface area contributed by atoms with Crippen LogP contribution in [0.3, 0.4) is 0 Å². The Morgan fingerprint density at radius 1 is 0.902 bits per heavy atom. The van der Waals surface area contributed by atoms with E-state index in [2.05, 4.69) is 14.7 Å². The number of nitrogen functional groups attached to an aromatic ring is 1. The molecular formula is C29H26N8O3S. The predicted octanol–water partition coefficient (Wildman–Crippen LogP) is 3.81. The number of nitrogens with zero attached hydrogens (tertiary/aromatic N) is 6. The van der Waals surface area contributed by atoms with Gasteiger partial charge in [-0.2, -0.15) is 5.10 Å². The molecule has 0 aliphatic heterocycles. The summed E-state index contributed by atoms with van der Waals surface area (Å²) in [5.41, 5.74) is 11.3. The van der Waals surface area contributed by atoms with E-state index in [4.69, 9.17) is 15.8 Å². The van der Waals surface area contributed by atoms with Gasteiger partial charge in [0.1, 0.15) is 30.2 Å². The first-order valence-corrected chi connectivity index (χ1v) is 14.6. The Balaban J connectivity index is 1.55. The van der Waals surface area contributed by atoms with E-state index in [1.807, 2.05) is 56.3 Å². The van der Waals surface area contributed by atoms with E-state index in [9.17, 15) is 13.2 Å². The number of rotatable bonds is 6. The van der Waals surface area contributed by atoms with E-state index >= 15 is 0 Å². The van der Waals surface area contributed by atoms with Crippen LogP contribution < -0.4 is 16.0 Å². The summed E-state index contributed by atoms with van der Waals surface area (Å²) in [6.45, 7) is 3.97. The zero-order valence-electron chi connectivity index (χ0n) is 22.5. The minimum Gasteiger partial charge on any atom is -0.383 e. The largest absolute Gasteiger partial charge is 0.383 e. The van der Waals surface area contributed by atoms with Gasteiger partial charge in [0.05, 0.1) is 28.2 Å². The van der Waals surface area contributed by atoms with Crippen molar-refractivity contribution in [1.82, 2.24) is 29.3 Å². The number of benzene rings is 3. The van der Waals surface area contributed by atoms with Crippen molar-refractivity contribution in [2.24, 2.45) is 0 Å². The molecule has 12 heteroatoms. The van der Waals surface area contributed by atoms with Gasteiger partial charge >= 0.3 is 0 Å². The lowest BCUT2D eigenvalue weighted by Crippen LogP contribution is -2.26. The van der Waals surface area contributed by atoms with Crippen molar-refractivity contribution in [2.45, 2.75) is 20.4 Å². The second kappa shape index (κ2) is 9.82. The second-order valence-electron chi connectivity index (χ2n) is 9.84. The van der Waals surface area contributed by atoms with E-state index in [0.717, 1.165) is 23.1 Å². The summed E-state index contributed by atoms with van der Waals surface area (Å²) in [7, 11) is -3.42. The molecule has 6 aromatic rings. The van der Waals surface area contributed by atoms with Crippen LogP contribution in [0.4, 0.5) is 11.5 Å². The summed E-state index contributed by atoms with van der Waals surface area (Å²) in [5.74, 6) is 0.719. The number of nitrogens with one attached hydrogen (secondary N) is 1. The molecule has 0 saturated heterocycles. The van der Waals surface area contributed by atoms with Crippen LogP contribution in [0.5, 0.6) is 0 Å². The molecule has 0 atom stereocenters. The fourth-order valence-electron chi connectivity index (χ4n) is 5.00. The molecule has 0 saturated carbocycles. The molecule has 3 N–H and O–H groups in total. The highest BCUT2D eigenvalue weighted by atomic mass is 32.2. The lowest BCUT2D eigenvalue weighted by molar-refractivity contribution is 0.607. The predicted molar refractivity (Wildman–Crippen MR) is 160 cm³/mol. The Kier molecular flexibility index (Phi) is 6.26. The molecular weight excluding hydrogens is 540 g/mol. The number of fused-ring (bicyclic) bond motifs is 2. The third-order valence-electron chi connectivity index (χ3n) is 6.84. The van der Waals surface area contributed by atoms with Crippen LogP contribution in [0.1, 0.15) is 17.0 Å². The average molecular weight is 567 g/mol. The Labute approximate surface area is 235 Å². The van der Waals surface area contributed by atoms with Crippen molar-refractivity contribution in [2.75, 3.05) is 16.7 Å². The van der Waals surface area contributed by atoms with Crippen molar-refractivity contribution in [3.8, 4) is 16.9 Å². The Morgan fingerprint density at radius 2 is 1.63 bits per heavy atom. The fraction of sp³-hybridized carbons (Fsp3) is 0.138. The van der Waals surface area contributed by atoms with E-state index in [1.165, 1.54) is 6.33 Å². The van der Waals surface area contributed by atoms with Gasteiger partial charge in [0.2, 0.25) is 10.0 Å². The number of sulfonamides is 1. The van der Waals surface area contributed by atoms with E-state index in [1.54, 1.807) is 33.5 Å². The standard InChI is InChI=1S/C29H26N8O3S/c1-17-7-4-5-10-22(17)37-23(33-21-9-6-8-18(2)24(21)29(37)38)15-36-28-25(27(30)31-16-32-28)26(34-36)19-11-13-20(14-12-19)35-41(3,39)40/h4-14,16,35H,15H2,1-3H3,(H2,30,31,32). The lowest BCUT2D eigenvalue weighted by atomic mass is 10.1. The number of para-hydroxylation sites is 1. The molecule has 0 fully saturated rings. The molecule has 206 valence electrons. The van der Waals surface area contributed by atoms with E-state index < -0.39 is 10.0 Å². The van der Waals surface area contributed by atoms with Crippen molar-refractivity contribution in [3.63, 3.8) is 0 Å². The molecule has 41 heavy (non-hydrogen) atoms. The van der Waals surface area contributed by atoms with Crippen LogP contribution in [-0.4, -0.2) is 44.0 Å². The fourth-order valence-corrected chi connectivity index (χ4v) is 5.56. The van der Waals surface area contributed by atoms with E-state index in [0.29, 0.717) is 44.7 Å². The zero-order chi connectivity index (χ0) is 28.9. The molecule has 0 unspecified atom stereocenters. The summed E-state index contributed by atoms with van der Waals surface area (Å²) < 4.78 is 29.0. The number of aromatic nitrogens is 6. The van der Waals surface area contributed by atoms with Crippen molar-refractivity contribution >= 4 is 43.5 Å². The molecule has 0 spiro atoms. The molecule has 3 aromatic carbocycles. The number of anilines is 2. The van der Waals surface area contributed by atoms with Gasteiger partial charge in [-0.05, 0) is 49.2 Å². The first kappa shape index (κ1) is 26.1. The van der Waals surface area contributed by atoms with Gasteiger partial charge in [-0.1, -0.05) is 42.5 Å². The Hall–Kier alpha value is -5.10. The number of nitrogens with two attached hydrogens (primary N) is 1. The summed E-state index contributed by atoms with van der Waals surface area (Å²) in [4.78, 5) is 27.6.